The van der Waals surface area contributed by atoms with Crippen molar-refractivity contribution in [1.29, 1.82) is 0 Å². The highest BCUT2D eigenvalue weighted by atomic mass is 32.2. The van der Waals surface area contributed by atoms with Crippen LogP contribution in [0.2, 0.25) is 0 Å². The van der Waals surface area contributed by atoms with E-state index in [1.807, 2.05) is 0 Å². The number of benzene rings is 1. The molecule has 1 rings (SSSR count). The number of nitrogens with two attached hydrogens (primary N) is 1. The molecule has 0 radical (unpaired) electrons. The summed E-state index contributed by atoms with van der Waals surface area (Å²) < 4.78 is 26.8. The van der Waals surface area contributed by atoms with Crippen LogP contribution in [0.5, 0.6) is 0 Å². The summed E-state index contributed by atoms with van der Waals surface area (Å²) in [6.45, 7) is -0.160. The van der Waals surface area contributed by atoms with Crippen molar-refractivity contribution in [1.82, 2.24) is 5.01 Å². The van der Waals surface area contributed by atoms with Crippen molar-refractivity contribution in [3.63, 3.8) is 0 Å². The topological polar surface area (TPSA) is 92.9 Å². The monoisotopic (exact) mass is 287 g/mol. The van der Waals surface area contributed by atoms with Gasteiger partial charge >= 0.3 is 6.03 Å². The van der Waals surface area contributed by atoms with Gasteiger partial charge in [0.05, 0.1) is 18.6 Å². The number of primary amides is 1. The number of anilines is 1. The van der Waals surface area contributed by atoms with E-state index >= 15 is 0 Å². The first kappa shape index (κ1) is 15.4. The minimum atomic E-state index is -3.55. The van der Waals surface area contributed by atoms with Crippen molar-refractivity contribution in [2.75, 3.05) is 25.4 Å². The fourth-order valence-corrected chi connectivity index (χ4v) is 1.88. The summed E-state index contributed by atoms with van der Waals surface area (Å²) in [6, 6.07) is 6.10. The van der Waals surface area contributed by atoms with Crippen LogP contribution in [0.3, 0.4) is 0 Å². The molecule has 0 saturated carbocycles. The minimum Gasteiger partial charge on any atom is -0.350 e. The van der Waals surface area contributed by atoms with Gasteiger partial charge in [-0.3, -0.25) is 4.18 Å². The van der Waals surface area contributed by atoms with Gasteiger partial charge in [0.15, 0.2) is 0 Å². The van der Waals surface area contributed by atoms with E-state index in [0.717, 1.165) is 6.26 Å². The van der Waals surface area contributed by atoms with Gasteiger partial charge in [-0.2, -0.15) is 8.42 Å². The Bertz CT molecular complexity index is 557. The molecule has 7 nitrogen and oxygen atoms in total. The summed E-state index contributed by atoms with van der Waals surface area (Å²) in [5, 5.41) is 2.72. The summed E-state index contributed by atoms with van der Waals surface area (Å²) in [5.41, 5.74) is 6.32. The Kier molecular flexibility index (Phi) is 4.87. The second-order valence-corrected chi connectivity index (χ2v) is 5.74. The van der Waals surface area contributed by atoms with Crippen LogP contribution in [0.1, 0.15) is 5.56 Å². The Hall–Kier alpha value is -1.64. The van der Waals surface area contributed by atoms with Gasteiger partial charge in [-0.05, 0) is 6.07 Å². The number of nitrogens with zero attached hydrogens (tertiary/aromatic N) is 2. The normalized spacial score (nSPS) is 11.6. The first-order chi connectivity index (χ1) is 8.72. The van der Waals surface area contributed by atoms with Crippen LogP contribution in [0.25, 0.3) is 0 Å². The molecule has 0 aliphatic rings. The smallest absolute Gasteiger partial charge is 0.334 e. The zero-order chi connectivity index (χ0) is 14.6. The van der Waals surface area contributed by atoms with Gasteiger partial charge in [0, 0.05) is 19.7 Å². The summed E-state index contributed by atoms with van der Waals surface area (Å²) in [6.07, 6.45) is 0.966. The van der Waals surface area contributed by atoms with Crippen LogP contribution in [0, 0.1) is 0 Å². The largest absolute Gasteiger partial charge is 0.350 e. The second kappa shape index (κ2) is 6.00. The molecule has 0 spiro atoms. The summed E-state index contributed by atoms with van der Waals surface area (Å²) in [5.74, 6) is 0. The number of urea groups is 1. The Morgan fingerprint density at radius 1 is 1.32 bits per heavy atom. The van der Waals surface area contributed by atoms with Gasteiger partial charge in [0.2, 0.25) is 0 Å². The van der Waals surface area contributed by atoms with Crippen LogP contribution in [-0.2, 0) is 20.9 Å². The minimum absolute atomic E-state index is 0.160. The lowest BCUT2D eigenvalue weighted by Gasteiger charge is -2.28. The molecule has 0 atom stereocenters. The molecule has 0 aromatic heterocycles. The van der Waals surface area contributed by atoms with Gasteiger partial charge in [-0.25, -0.2) is 14.8 Å². The molecular weight excluding hydrogens is 270 g/mol. The highest BCUT2D eigenvalue weighted by Crippen LogP contribution is 2.22. The molecule has 19 heavy (non-hydrogen) atoms. The van der Waals surface area contributed by atoms with Crippen molar-refractivity contribution < 1.29 is 17.4 Å². The highest BCUT2D eigenvalue weighted by Gasteiger charge is 2.18. The second-order valence-electron chi connectivity index (χ2n) is 4.09. The Morgan fingerprint density at radius 3 is 2.37 bits per heavy atom. The van der Waals surface area contributed by atoms with E-state index in [2.05, 4.69) is 0 Å². The lowest BCUT2D eigenvalue weighted by molar-refractivity contribution is 0.238. The van der Waals surface area contributed by atoms with Crippen molar-refractivity contribution >= 4 is 21.8 Å². The van der Waals surface area contributed by atoms with Gasteiger partial charge in [0.1, 0.15) is 0 Å². The number of carbonyl (C=O) groups excluding carboxylic acids is 1. The molecule has 0 heterocycles. The van der Waals surface area contributed by atoms with Crippen LogP contribution < -0.4 is 10.7 Å². The number of rotatable bonds is 5. The zero-order valence-electron chi connectivity index (χ0n) is 11.0. The van der Waals surface area contributed by atoms with Crippen molar-refractivity contribution in [2.45, 2.75) is 6.61 Å². The summed E-state index contributed by atoms with van der Waals surface area (Å²) in [4.78, 5) is 11.4. The number of para-hydroxylation sites is 1. The fourth-order valence-electron chi connectivity index (χ4n) is 1.54. The van der Waals surface area contributed by atoms with Crippen LogP contribution >= 0.6 is 0 Å². The molecule has 0 bridgehead atoms. The molecule has 8 heteroatoms. The van der Waals surface area contributed by atoms with Crippen LogP contribution in [0.15, 0.2) is 24.3 Å². The maximum atomic E-state index is 11.4. The van der Waals surface area contributed by atoms with E-state index in [0.29, 0.717) is 11.3 Å². The molecule has 106 valence electrons. The van der Waals surface area contributed by atoms with Crippen LogP contribution in [0.4, 0.5) is 10.5 Å². The van der Waals surface area contributed by atoms with Crippen molar-refractivity contribution in [3.05, 3.63) is 29.8 Å². The average Bonchev–Trinajstić information content (AvgIpc) is 2.25. The molecule has 2 amide bonds. The molecule has 1 aromatic rings. The third-order valence-corrected chi connectivity index (χ3v) is 2.80. The van der Waals surface area contributed by atoms with Gasteiger partial charge in [0.25, 0.3) is 10.1 Å². The number of hydrogen-bond acceptors (Lipinski definition) is 5. The highest BCUT2D eigenvalue weighted by molar-refractivity contribution is 7.85. The van der Waals surface area contributed by atoms with E-state index < -0.39 is 16.1 Å². The molecule has 0 saturated heterocycles. The maximum absolute atomic E-state index is 11.4. The molecule has 0 unspecified atom stereocenters. The molecule has 0 aliphatic heterocycles. The summed E-state index contributed by atoms with van der Waals surface area (Å²) >= 11 is 0. The third kappa shape index (κ3) is 4.51. The molecule has 0 aliphatic carbocycles. The van der Waals surface area contributed by atoms with Gasteiger partial charge < -0.3 is 5.73 Å². The first-order valence-corrected chi connectivity index (χ1v) is 7.23. The quantitative estimate of drug-likeness (QED) is 0.629. The molecule has 2 N–H and O–H groups in total. The lowest BCUT2D eigenvalue weighted by atomic mass is 10.2. The Balaban J connectivity index is 3.10. The SMILES string of the molecule is CN(C)N(C(N)=O)c1ccccc1COS(C)(=O)=O. The van der Waals surface area contributed by atoms with E-state index in [1.165, 1.54) is 10.0 Å². The number of hydrogen-bond donors (Lipinski definition) is 1. The Labute approximate surface area is 112 Å². The van der Waals surface area contributed by atoms with E-state index in [9.17, 15) is 13.2 Å². The van der Waals surface area contributed by atoms with Crippen molar-refractivity contribution in [2.24, 2.45) is 5.73 Å². The van der Waals surface area contributed by atoms with E-state index in [1.54, 1.807) is 38.4 Å². The fraction of sp³-hybridized carbons (Fsp3) is 0.364. The predicted octanol–water partition coefficient (Wildman–Crippen LogP) is 0.524. The van der Waals surface area contributed by atoms with Crippen molar-refractivity contribution in [3.8, 4) is 0 Å². The number of amides is 2. The zero-order valence-corrected chi connectivity index (χ0v) is 11.8. The predicted molar refractivity (Wildman–Crippen MR) is 71.8 cm³/mol. The molecule has 1 aromatic carbocycles. The number of carbonyl (C=O) groups is 1. The molecular formula is C11H17N3O4S. The average molecular weight is 287 g/mol. The van der Waals surface area contributed by atoms with E-state index in [4.69, 9.17) is 9.92 Å². The standard InChI is InChI=1S/C11H17N3O4S/c1-13(2)14(11(12)15)10-7-5-4-6-9(10)8-18-19(3,16)17/h4-7H,8H2,1-3H3,(H2,12,15). The maximum Gasteiger partial charge on any atom is 0.334 e. The van der Waals surface area contributed by atoms with Gasteiger partial charge in [-0.1, -0.05) is 18.2 Å². The molecule has 0 fully saturated rings. The van der Waals surface area contributed by atoms with Gasteiger partial charge in [-0.15, -0.1) is 0 Å². The first-order valence-electron chi connectivity index (χ1n) is 5.41. The number of hydrazine groups is 1. The lowest BCUT2D eigenvalue weighted by Crippen LogP contribution is -2.45. The summed E-state index contributed by atoms with van der Waals surface area (Å²) in [7, 11) is -0.250. The Morgan fingerprint density at radius 2 is 1.89 bits per heavy atom. The third-order valence-electron chi connectivity index (χ3n) is 2.26. The van der Waals surface area contributed by atoms with Crippen LogP contribution in [-0.4, -0.2) is 39.8 Å². The van der Waals surface area contributed by atoms with E-state index in [-0.39, 0.29) is 6.61 Å².